The lowest BCUT2D eigenvalue weighted by Gasteiger charge is -2.48. The highest BCUT2D eigenvalue weighted by atomic mass is 16.1. The van der Waals surface area contributed by atoms with Crippen LogP contribution >= 0.6 is 0 Å². The van der Waals surface area contributed by atoms with Gasteiger partial charge in [0.15, 0.2) is 0 Å². The highest BCUT2D eigenvalue weighted by Crippen LogP contribution is 2.39. The average molecular weight is 370 g/mol. The first kappa shape index (κ1) is 18.8. The fourth-order valence-corrected chi connectivity index (χ4v) is 5.79. The van der Waals surface area contributed by atoms with Crippen LogP contribution in [0.3, 0.4) is 0 Å². The predicted molar refractivity (Wildman–Crippen MR) is 112 cm³/mol. The molecular formula is C23H35N3O. The second-order valence-corrected chi connectivity index (χ2v) is 8.78. The molecular weight excluding hydrogens is 334 g/mol. The zero-order chi connectivity index (χ0) is 18.7. The molecule has 0 atom stereocenters. The Labute approximate surface area is 163 Å². The maximum Gasteiger partial charge on any atom is 0.326 e. The Balaban J connectivity index is 1.51. The molecule has 0 bridgehead atoms. The fraction of sp³-hybridized carbons (Fsp3) is 0.696. The summed E-state index contributed by atoms with van der Waals surface area (Å²) in [7, 11) is 0. The van der Waals surface area contributed by atoms with Gasteiger partial charge in [-0.15, -0.1) is 0 Å². The highest BCUT2D eigenvalue weighted by molar-refractivity contribution is 5.75. The second kappa shape index (κ2) is 8.22. The van der Waals surface area contributed by atoms with E-state index in [-0.39, 0.29) is 5.69 Å². The lowest BCUT2D eigenvalue weighted by molar-refractivity contribution is 0.0230. The van der Waals surface area contributed by atoms with Gasteiger partial charge in [0.25, 0.3) is 0 Å². The van der Waals surface area contributed by atoms with Gasteiger partial charge < -0.3 is 4.98 Å². The molecule has 1 aliphatic carbocycles. The number of likely N-dealkylation sites (tertiary alicyclic amines) is 1. The fourth-order valence-electron chi connectivity index (χ4n) is 5.79. The molecule has 1 aromatic heterocycles. The number of nitrogens with zero attached hydrogens (tertiary/aromatic N) is 2. The van der Waals surface area contributed by atoms with Crippen molar-refractivity contribution in [1.29, 1.82) is 0 Å². The van der Waals surface area contributed by atoms with E-state index in [0.717, 1.165) is 37.0 Å². The lowest BCUT2D eigenvalue weighted by atomic mass is 9.78. The minimum atomic E-state index is 0.0591. The van der Waals surface area contributed by atoms with Crippen LogP contribution in [0.5, 0.6) is 0 Å². The molecule has 1 aliphatic heterocycles. The van der Waals surface area contributed by atoms with Crippen LogP contribution in [0.2, 0.25) is 0 Å². The summed E-state index contributed by atoms with van der Waals surface area (Å²) in [5, 5.41) is 0. The number of para-hydroxylation sites is 2. The molecule has 4 nitrogen and oxygen atoms in total. The number of hydrogen-bond acceptors (Lipinski definition) is 2. The average Bonchev–Trinajstić information content (AvgIpc) is 3.00. The zero-order valence-electron chi connectivity index (χ0n) is 16.9. The molecule has 1 saturated carbocycles. The van der Waals surface area contributed by atoms with Crippen LogP contribution in [0.25, 0.3) is 11.0 Å². The summed E-state index contributed by atoms with van der Waals surface area (Å²) in [5.41, 5.74) is 2.51. The van der Waals surface area contributed by atoms with Crippen LogP contribution in [0.4, 0.5) is 0 Å². The molecule has 148 valence electrons. The van der Waals surface area contributed by atoms with Crippen LogP contribution < -0.4 is 5.69 Å². The molecule has 4 heteroatoms. The van der Waals surface area contributed by atoms with Gasteiger partial charge in [0.2, 0.25) is 0 Å². The number of nitrogens with one attached hydrogen (secondary N) is 1. The van der Waals surface area contributed by atoms with Gasteiger partial charge in [-0.2, -0.15) is 0 Å². The van der Waals surface area contributed by atoms with Gasteiger partial charge in [0, 0.05) is 24.7 Å². The van der Waals surface area contributed by atoms with E-state index in [1.165, 1.54) is 57.8 Å². The van der Waals surface area contributed by atoms with Crippen molar-refractivity contribution < 1.29 is 0 Å². The van der Waals surface area contributed by atoms with Crippen LogP contribution in [0, 0.1) is 0 Å². The van der Waals surface area contributed by atoms with E-state index >= 15 is 0 Å². The second-order valence-electron chi connectivity index (χ2n) is 8.78. The SMILES string of the molecule is CCCC1(N2CCC(n3c(=O)[nH]c4ccccc43)CC2)CCCCCCC1. The summed E-state index contributed by atoms with van der Waals surface area (Å²) in [6.07, 6.45) is 14.6. The van der Waals surface area contributed by atoms with Crippen molar-refractivity contribution in [3.05, 3.63) is 34.7 Å². The molecule has 2 fully saturated rings. The normalized spacial score (nSPS) is 22.6. The number of piperidine rings is 1. The van der Waals surface area contributed by atoms with Crippen molar-refractivity contribution in [1.82, 2.24) is 14.5 Å². The van der Waals surface area contributed by atoms with E-state index in [1.54, 1.807) is 0 Å². The third-order valence-corrected chi connectivity index (χ3v) is 7.12. The molecule has 2 aliphatic rings. The summed E-state index contributed by atoms with van der Waals surface area (Å²) in [4.78, 5) is 18.4. The summed E-state index contributed by atoms with van der Waals surface area (Å²) >= 11 is 0. The molecule has 4 rings (SSSR count). The molecule has 1 saturated heterocycles. The summed E-state index contributed by atoms with van der Waals surface area (Å²) in [6, 6.07) is 8.44. The molecule has 0 radical (unpaired) electrons. The van der Waals surface area contributed by atoms with Crippen LogP contribution in [-0.4, -0.2) is 33.1 Å². The molecule has 1 aromatic carbocycles. The van der Waals surface area contributed by atoms with Crippen LogP contribution in [-0.2, 0) is 0 Å². The Bertz CT molecular complexity index is 789. The standard InChI is InChI=1S/C23H35N3O/c1-2-14-23(15-8-4-3-5-9-16-23)25-17-12-19(13-18-25)26-21-11-7-6-10-20(21)24-22(26)27/h6-7,10-11,19H,2-5,8-9,12-18H2,1H3,(H,24,27). The quantitative estimate of drug-likeness (QED) is 0.800. The first-order chi connectivity index (χ1) is 13.2. The van der Waals surface area contributed by atoms with Gasteiger partial charge in [0.1, 0.15) is 0 Å². The van der Waals surface area contributed by atoms with E-state index in [9.17, 15) is 4.79 Å². The predicted octanol–water partition coefficient (Wildman–Crippen LogP) is 5.25. The van der Waals surface area contributed by atoms with Crippen LogP contribution in [0.15, 0.2) is 29.1 Å². The van der Waals surface area contributed by atoms with Crippen molar-refractivity contribution in [2.24, 2.45) is 0 Å². The van der Waals surface area contributed by atoms with E-state index in [2.05, 4.69) is 22.9 Å². The maximum absolute atomic E-state index is 12.6. The zero-order valence-corrected chi connectivity index (χ0v) is 16.9. The van der Waals surface area contributed by atoms with E-state index in [1.807, 2.05) is 22.8 Å². The van der Waals surface area contributed by atoms with Crippen molar-refractivity contribution in [2.75, 3.05) is 13.1 Å². The lowest BCUT2D eigenvalue weighted by Crippen LogP contribution is -2.52. The molecule has 27 heavy (non-hydrogen) atoms. The first-order valence-electron chi connectivity index (χ1n) is 11.2. The topological polar surface area (TPSA) is 41.0 Å². The molecule has 2 heterocycles. The van der Waals surface area contributed by atoms with Crippen molar-refractivity contribution in [2.45, 2.75) is 89.1 Å². The Morgan fingerprint density at radius 2 is 1.70 bits per heavy atom. The Hall–Kier alpha value is -1.55. The van der Waals surface area contributed by atoms with Gasteiger partial charge >= 0.3 is 5.69 Å². The minimum Gasteiger partial charge on any atom is -0.306 e. The molecule has 0 unspecified atom stereocenters. The maximum atomic E-state index is 12.6. The Morgan fingerprint density at radius 1 is 1.04 bits per heavy atom. The van der Waals surface area contributed by atoms with Gasteiger partial charge in [-0.3, -0.25) is 9.47 Å². The van der Waals surface area contributed by atoms with Gasteiger partial charge in [-0.25, -0.2) is 4.79 Å². The molecule has 0 spiro atoms. The third kappa shape index (κ3) is 3.73. The number of hydrogen-bond donors (Lipinski definition) is 1. The van der Waals surface area contributed by atoms with Crippen molar-refractivity contribution >= 4 is 11.0 Å². The Kier molecular flexibility index (Phi) is 5.72. The van der Waals surface area contributed by atoms with Crippen LogP contribution in [0.1, 0.15) is 83.6 Å². The first-order valence-corrected chi connectivity index (χ1v) is 11.2. The van der Waals surface area contributed by atoms with E-state index in [4.69, 9.17) is 0 Å². The Morgan fingerprint density at radius 3 is 2.41 bits per heavy atom. The number of aromatic nitrogens is 2. The number of aromatic amines is 1. The van der Waals surface area contributed by atoms with Crippen molar-refractivity contribution in [3.8, 4) is 0 Å². The van der Waals surface area contributed by atoms with E-state index < -0.39 is 0 Å². The number of rotatable bonds is 4. The third-order valence-electron chi connectivity index (χ3n) is 7.12. The monoisotopic (exact) mass is 369 g/mol. The summed E-state index contributed by atoms with van der Waals surface area (Å²) < 4.78 is 2.03. The minimum absolute atomic E-state index is 0.0591. The van der Waals surface area contributed by atoms with E-state index in [0.29, 0.717) is 11.6 Å². The van der Waals surface area contributed by atoms with Gasteiger partial charge in [-0.05, 0) is 44.2 Å². The van der Waals surface area contributed by atoms with Crippen molar-refractivity contribution in [3.63, 3.8) is 0 Å². The largest absolute Gasteiger partial charge is 0.326 e. The smallest absolute Gasteiger partial charge is 0.306 e. The highest BCUT2D eigenvalue weighted by Gasteiger charge is 2.38. The number of imidazole rings is 1. The van der Waals surface area contributed by atoms with Gasteiger partial charge in [0.05, 0.1) is 11.0 Å². The number of H-pyrrole nitrogens is 1. The summed E-state index contributed by atoms with van der Waals surface area (Å²) in [5.74, 6) is 0. The summed E-state index contributed by atoms with van der Waals surface area (Å²) in [6.45, 7) is 4.62. The number of benzene rings is 1. The number of fused-ring (bicyclic) bond motifs is 1. The van der Waals surface area contributed by atoms with Gasteiger partial charge in [-0.1, -0.05) is 57.6 Å². The molecule has 1 N–H and O–H groups in total. The molecule has 0 amide bonds. The molecule has 2 aromatic rings.